The summed E-state index contributed by atoms with van der Waals surface area (Å²) >= 11 is 0. The minimum Gasteiger partial charge on any atom is -0.329 e. The van der Waals surface area contributed by atoms with Crippen LogP contribution in [0.5, 0.6) is 0 Å². The molecule has 0 radical (unpaired) electrons. The van der Waals surface area contributed by atoms with Gasteiger partial charge >= 0.3 is 10.3 Å². The highest BCUT2D eigenvalue weighted by Gasteiger charge is 2.28. The number of rotatable bonds is 5. The standard InChI is InChI=1S/C14H19N5O4S/c1-9(20)18-13-12-4-5-19(14(12)17-8-16-13)11-3-2-10(6-11)7-23-24(15,21)22/h4-5,8,10-11H,2-3,6-7H2,1H3,(H2,15,21,22)(H,16,17,18,20)/t10-,11-/m0/s1. The zero-order valence-electron chi connectivity index (χ0n) is 13.2. The van der Waals surface area contributed by atoms with Crippen LogP contribution in [0.1, 0.15) is 32.2 Å². The van der Waals surface area contributed by atoms with Gasteiger partial charge in [0.25, 0.3) is 0 Å². The number of carbonyl (C=O) groups excluding carboxylic acids is 1. The summed E-state index contributed by atoms with van der Waals surface area (Å²) in [7, 11) is -3.90. The molecule has 9 nitrogen and oxygen atoms in total. The second-order valence-electron chi connectivity index (χ2n) is 5.97. The number of carbonyl (C=O) groups is 1. The Morgan fingerprint density at radius 2 is 2.25 bits per heavy atom. The van der Waals surface area contributed by atoms with Gasteiger partial charge in [0.1, 0.15) is 17.8 Å². The molecular formula is C14H19N5O4S. The van der Waals surface area contributed by atoms with Crippen molar-refractivity contribution in [1.29, 1.82) is 0 Å². The van der Waals surface area contributed by atoms with Crippen LogP contribution in [0.3, 0.4) is 0 Å². The fourth-order valence-electron chi connectivity index (χ4n) is 3.18. The van der Waals surface area contributed by atoms with E-state index < -0.39 is 10.3 Å². The van der Waals surface area contributed by atoms with E-state index in [4.69, 9.17) is 9.32 Å². The van der Waals surface area contributed by atoms with E-state index in [-0.39, 0.29) is 24.5 Å². The zero-order chi connectivity index (χ0) is 17.3. The van der Waals surface area contributed by atoms with E-state index in [9.17, 15) is 13.2 Å². The van der Waals surface area contributed by atoms with Gasteiger partial charge in [-0.3, -0.25) is 8.98 Å². The van der Waals surface area contributed by atoms with Gasteiger partial charge in [-0.15, -0.1) is 0 Å². The number of fused-ring (bicyclic) bond motifs is 1. The summed E-state index contributed by atoms with van der Waals surface area (Å²) in [6.07, 6.45) is 5.85. The third-order valence-electron chi connectivity index (χ3n) is 4.18. The molecule has 24 heavy (non-hydrogen) atoms. The molecule has 10 heteroatoms. The Kier molecular flexibility index (Phi) is 4.52. The molecule has 3 rings (SSSR count). The highest BCUT2D eigenvalue weighted by atomic mass is 32.2. The first-order valence-corrected chi connectivity index (χ1v) is 9.07. The topological polar surface area (TPSA) is 129 Å². The normalized spacial score (nSPS) is 21.2. The van der Waals surface area contributed by atoms with Crippen LogP contribution in [0.25, 0.3) is 11.0 Å². The summed E-state index contributed by atoms with van der Waals surface area (Å²) < 4.78 is 28.5. The van der Waals surface area contributed by atoms with Crippen molar-refractivity contribution in [2.24, 2.45) is 11.1 Å². The van der Waals surface area contributed by atoms with Gasteiger partial charge in [0.2, 0.25) is 5.91 Å². The van der Waals surface area contributed by atoms with Crippen molar-refractivity contribution in [3.63, 3.8) is 0 Å². The number of anilines is 1. The molecule has 0 aliphatic heterocycles. The van der Waals surface area contributed by atoms with Crippen molar-refractivity contribution < 1.29 is 17.4 Å². The number of hydrogen-bond acceptors (Lipinski definition) is 6. The van der Waals surface area contributed by atoms with Crippen molar-refractivity contribution in [3.05, 3.63) is 18.6 Å². The molecule has 2 atom stereocenters. The van der Waals surface area contributed by atoms with Crippen molar-refractivity contribution in [1.82, 2.24) is 14.5 Å². The Bertz CT molecular complexity index is 863. The zero-order valence-corrected chi connectivity index (χ0v) is 14.0. The monoisotopic (exact) mass is 353 g/mol. The number of hydrogen-bond donors (Lipinski definition) is 2. The molecule has 1 aliphatic rings. The molecule has 0 spiro atoms. The molecule has 1 amide bonds. The van der Waals surface area contributed by atoms with Crippen molar-refractivity contribution in [3.8, 4) is 0 Å². The van der Waals surface area contributed by atoms with Gasteiger partial charge in [0.15, 0.2) is 0 Å². The molecule has 1 fully saturated rings. The number of nitrogens with zero attached hydrogens (tertiary/aromatic N) is 3. The molecule has 0 unspecified atom stereocenters. The summed E-state index contributed by atoms with van der Waals surface area (Å²) in [6.45, 7) is 1.53. The molecule has 3 N–H and O–H groups in total. The minimum atomic E-state index is -3.90. The Balaban J connectivity index is 1.77. The summed E-state index contributed by atoms with van der Waals surface area (Å²) in [5, 5.41) is 8.34. The maximum Gasteiger partial charge on any atom is 0.333 e. The first-order chi connectivity index (χ1) is 11.3. The van der Waals surface area contributed by atoms with E-state index in [1.165, 1.54) is 13.3 Å². The lowest BCUT2D eigenvalue weighted by atomic mass is 10.1. The molecule has 2 aromatic rings. The molecule has 0 aromatic carbocycles. The Morgan fingerprint density at radius 1 is 1.46 bits per heavy atom. The molecule has 1 saturated carbocycles. The Hall–Kier alpha value is -2.04. The maximum atomic E-state index is 11.3. The SMILES string of the molecule is CC(=O)Nc1ncnc2c1ccn2[C@H]1CC[C@H](COS(N)(=O)=O)C1. The Labute approximate surface area is 139 Å². The molecule has 0 saturated heterocycles. The number of nitrogens with two attached hydrogens (primary N) is 1. The van der Waals surface area contributed by atoms with Gasteiger partial charge in [0, 0.05) is 19.2 Å². The predicted molar refractivity (Wildman–Crippen MR) is 87.3 cm³/mol. The maximum absolute atomic E-state index is 11.3. The molecule has 2 heterocycles. The lowest BCUT2D eigenvalue weighted by Gasteiger charge is -2.14. The summed E-state index contributed by atoms with van der Waals surface area (Å²) in [5.74, 6) is 0.421. The minimum absolute atomic E-state index is 0.0979. The lowest BCUT2D eigenvalue weighted by Crippen LogP contribution is -2.19. The van der Waals surface area contributed by atoms with Crippen molar-refractivity contribution in [2.75, 3.05) is 11.9 Å². The van der Waals surface area contributed by atoms with Crippen molar-refractivity contribution >= 4 is 33.1 Å². The van der Waals surface area contributed by atoms with Crippen LogP contribution < -0.4 is 10.5 Å². The highest BCUT2D eigenvalue weighted by Crippen LogP contribution is 2.37. The summed E-state index contributed by atoms with van der Waals surface area (Å²) in [6, 6.07) is 2.06. The summed E-state index contributed by atoms with van der Waals surface area (Å²) in [4.78, 5) is 19.7. The van der Waals surface area contributed by atoms with E-state index in [1.807, 2.05) is 16.8 Å². The quantitative estimate of drug-likeness (QED) is 0.823. The third-order valence-corrected chi connectivity index (χ3v) is 4.64. The van der Waals surface area contributed by atoms with Crippen LogP contribution in [0.15, 0.2) is 18.6 Å². The summed E-state index contributed by atoms with van der Waals surface area (Å²) in [5.41, 5.74) is 0.742. The lowest BCUT2D eigenvalue weighted by molar-refractivity contribution is -0.114. The highest BCUT2D eigenvalue weighted by molar-refractivity contribution is 7.84. The molecular weight excluding hydrogens is 334 g/mol. The Morgan fingerprint density at radius 3 is 2.96 bits per heavy atom. The number of nitrogens with one attached hydrogen (secondary N) is 1. The number of aromatic nitrogens is 3. The molecule has 2 aromatic heterocycles. The average Bonchev–Trinajstić information content (AvgIpc) is 3.10. The van der Waals surface area contributed by atoms with Gasteiger partial charge in [-0.1, -0.05) is 0 Å². The molecule has 1 aliphatic carbocycles. The third kappa shape index (κ3) is 3.71. The fourth-order valence-corrected chi connectivity index (χ4v) is 3.56. The fraction of sp³-hybridized carbons (Fsp3) is 0.500. The van der Waals surface area contributed by atoms with Crippen LogP contribution in [0.2, 0.25) is 0 Å². The smallest absolute Gasteiger partial charge is 0.329 e. The first-order valence-electron chi connectivity index (χ1n) is 7.60. The van der Waals surface area contributed by atoms with E-state index in [1.54, 1.807) is 0 Å². The second-order valence-corrected chi connectivity index (χ2v) is 7.20. The van der Waals surface area contributed by atoms with Crippen LogP contribution in [0.4, 0.5) is 5.82 Å². The van der Waals surface area contributed by atoms with Crippen molar-refractivity contribution in [2.45, 2.75) is 32.2 Å². The predicted octanol–water partition coefficient (Wildman–Crippen LogP) is 0.951. The second kappa shape index (κ2) is 6.46. The van der Waals surface area contributed by atoms with Crippen LogP contribution in [-0.4, -0.2) is 35.5 Å². The number of amides is 1. The van der Waals surface area contributed by atoms with E-state index in [2.05, 4.69) is 15.3 Å². The first kappa shape index (κ1) is 16.8. The van der Waals surface area contributed by atoms with E-state index in [0.717, 1.165) is 30.3 Å². The van der Waals surface area contributed by atoms with Crippen LogP contribution in [0, 0.1) is 5.92 Å². The largest absolute Gasteiger partial charge is 0.333 e. The average molecular weight is 353 g/mol. The van der Waals surface area contributed by atoms with Gasteiger partial charge < -0.3 is 9.88 Å². The van der Waals surface area contributed by atoms with Gasteiger partial charge in [-0.25, -0.2) is 15.1 Å². The van der Waals surface area contributed by atoms with Gasteiger partial charge in [-0.2, -0.15) is 8.42 Å². The molecule has 130 valence electrons. The van der Waals surface area contributed by atoms with Gasteiger partial charge in [-0.05, 0) is 31.2 Å². The van der Waals surface area contributed by atoms with Crippen LogP contribution in [-0.2, 0) is 19.3 Å². The van der Waals surface area contributed by atoms with E-state index >= 15 is 0 Å². The molecule has 0 bridgehead atoms. The van der Waals surface area contributed by atoms with Crippen LogP contribution >= 0.6 is 0 Å². The van der Waals surface area contributed by atoms with E-state index in [0.29, 0.717) is 5.82 Å². The van der Waals surface area contributed by atoms with Gasteiger partial charge in [0.05, 0.1) is 12.0 Å².